The van der Waals surface area contributed by atoms with Crippen molar-refractivity contribution in [1.82, 2.24) is 0 Å². The van der Waals surface area contributed by atoms with Crippen LogP contribution in [0.15, 0.2) is 30.4 Å². The monoisotopic (exact) mass is 612 g/mol. The number of benzene rings is 1. The third-order valence-corrected chi connectivity index (χ3v) is 6.25. The van der Waals surface area contributed by atoms with Gasteiger partial charge in [-0.05, 0) is 43.5 Å². The quantitative estimate of drug-likeness (QED) is 0.0675. The maximum Gasteiger partial charge on any atom is 0.333 e. The summed E-state index contributed by atoms with van der Waals surface area (Å²) in [6.07, 6.45) is 9.69. The van der Waals surface area contributed by atoms with E-state index in [4.69, 9.17) is 37.9 Å². The second kappa shape index (κ2) is 28.6. The molecule has 248 valence electrons. The average Bonchev–Trinajstić information content (AvgIpc) is 2.99. The second-order valence-corrected chi connectivity index (χ2v) is 10.1. The Morgan fingerprint density at radius 3 is 1.58 bits per heavy atom. The van der Waals surface area contributed by atoms with Crippen LogP contribution in [0.25, 0.3) is 0 Å². The molecule has 0 aliphatic rings. The molecule has 0 saturated heterocycles. The molecule has 1 aromatic rings. The van der Waals surface area contributed by atoms with Crippen molar-refractivity contribution in [2.24, 2.45) is 0 Å². The van der Waals surface area contributed by atoms with Gasteiger partial charge in [0.25, 0.3) is 0 Å². The number of rotatable bonds is 31. The number of carbonyl (C=O) groups is 1. The Kier molecular flexibility index (Phi) is 25.8. The van der Waals surface area contributed by atoms with Crippen molar-refractivity contribution < 1.29 is 47.8 Å². The highest BCUT2D eigenvalue weighted by Gasteiger charge is 2.06. The second-order valence-electron chi connectivity index (χ2n) is 10.1. The lowest BCUT2D eigenvalue weighted by atomic mass is 10.0. The predicted octanol–water partition coefficient (Wildman–Crippen LogP) is 5.28. The lowest BCUT2D eigenvalue weighted by Gasteiger charge is -2.12. The summed E-state index contributed by atoms with van der Waals surface area (Å²) >= 11 is 0. The minimum atomic E-state index is -0.411. The molecule has 0 heterocycles. The van der Waals surface area contributed by atoms with E-state index in [0.29, 0.717) is 91.5 Å². The zero-order valence-corrected chi connectivity index (χ0v) is 26.6. The van der Waals surface area contributed by atoms with Crippen LogP contribution >= 0.6 is 0 Å². The highest BCUT2D eigenvalue weighted by atomic mass is 16.6. The van der Waals surface area contributed by atoms with E-state index in [1.165, 1.54) is 38.5 Å². The minimum Gasteiger partial charge on any atom is -0.508 e. The molecule has 0 aliphatic carbocycles. The van der Waals surface area contributed by atoms with Crippen LogP contribution < -0.4 is 4.74 Å². The molecule has 1 rings (SSSR count). The first-order valence-electron chi connectivity index (χ1n) is 15.8. The number of esters is 1. The van der Waals surface area contributed by atoms with E-state index in [1.807, 2.05) is 6.07 Å². The van der Waals surface area contributed by atoms with E-state index in [9.17, 15) is 9.90 Å². The van der Waals surface area contributed by atoms with Gasteiger partial charge >= 0.3 is 5.97 Å². The topological polar surface area (TPSA) is 111 Å². The number of hydrogen-bond acceptors (Lipinski definition) is 10. The van der Waals surface area contributed by atoms with Crippen molar-refractivity contribution in [2.45, 2.75) is 65.2 Å². The number of phenolic OH excluding ortho intramolecular Hbond substituents is 1. The van der Waals surface area contributed by atoms with E-state index in [2.05, 4.69) is 13.5 Å². The summed E-state index contributed by atoms with van der Waals surface area (Å²) in [7, 11) is 0. The van der Waals surface area contributed by atoms with E-state index in [-0.39, 0.29) is 12.4 Å². The first kappa shape index (κ1) is 38.8. The van der Waals surface area contributed by atoms with Crippen molar-refractivity contribution in [1.29, 1.82) is 0 Å². The van der Waals surface area contributed by atoms with Gasteiger partial charge < -0.3 is 43.0 Å². The fraction of sp³-hybridized carbons (Fsp3) is 0.727. The Bertz CT molecular complexity index is 817. The summed E-state index contributed by atoms with van der Waals surface area (Å²) in [5, 5.41) is 9.88. The number of carbonyl (C=O) groups excluding carboxylic acids is 1. The highest BCUT2D eigenvalue weighted by molar-refractivity contribution is 5.86. The summed E-state index contributed by atoms with van der Waals surface area (Å²) in [6.45, 7) is 13.5. The van der Waals surface area contributed by atoms with Crippen LogP contribution in [0.5, 0.6) is 11.5 Å². The van der Waals surface area contributed by atoms with Gasteiger partial charge in [-0.1, -0.05) is 52.0 Å². The first-order valence-corrected chi connectivity index (χ1v) is 15.8. The Morgan fingerprint density at radius 2 is 1.09 bits per heavy atom. The lowest BCUT2D eigenvalue weighted by Crippen LogP contribution is -2.15. The molecule has 0 atom stereocenters. The number of ether oxygens (including phenoxy) is 8. The van der Waals surface area contributed by atoms with Crippen LogP contribution in [0.3, 0.4) is 0 Å². The Balaban J connectivity index is 1.86. The molecule has 0 saturated carbocycles. The molecule has 1 N–H and O–H groups in total. The van der Waals surface area contributed by atoms with Crippen LogP contribution in [0, 0.1) is 0 Å². The standard InChI is InChI=1S/C33H56O10/c1-4-5-6-7-8-9-10-11-30-28-31(34)12-13-32(30)42-26-24-40-22-20-38-18-16-36-14-15-37-17-19-39-21-23-41-25-27-43-33(35)29(2)3/h12-13,28,34H,2,4-11,14-27H2,1,3H3. The third-order valence-electron chi connectivity index (χ3n) is 6.25. The Labute approximate surface area is 258 Å². The van der Waals surface area contributed by atoms with Crippen molar-refractivity contribution >= 4 is 5.97 Å². The molecular formula is C33H56O10. The molecule has 10 nitrogen and oxygen atoms in total. The average molecular weight is 613 g/mol. The van der Waals surface area contributed by atoms with Crippen LogP contribution in [0.2, 0.25) is 0 Å². The van der Waals surface area contributed by atoms with Gasteiger partial charge in [0.15, 0.2) is 0 Å². The van der Waals surface area contributed by atoms with Crippen LogP contribution in [0.1, 0.15) is 64.4 Å². The molecule has 0 fully saturated rings. The predicted molar refractivity (Wildman–Crippen MR) is 166 cm³/mol. The summed E-state index contributed by atoms with van der Waals surface area (Å²) in [4.78, 5) is 11.2. The van der Waals surface area contributed by atoms with Crippen LogP contribution in [-0.4, -0.2) is 104 Å². The maximum absolute atomic E-state index is 11.2. The molecule has 0 radical (unpaired) electrons. The van der Waals surface area contributed by atoms with Crippen molar-refractivity contribution in [3.8, 4) is 11.5 Å². The molecule has 0 unspecified atom stereocenters. The molecule has 1 aromatic carbocycles. The molecule has 43 heavy (non-hydrogen) atoms. The first-order chi connectivity index (χ1) is 21.0. The van der Waals surface area contributed by atoms with Gasteiger partial charge in [0, 0.05) is 5.57 Å². The number of phenols is 1. The summed E-state index contributed by atoms with van der Waals surface area (Å²) < 4.78 is 43.6. The fourth-order valence-electron chi connectivity index (χ4n) is 3.90. The largest absolute Gasteiger partial charge is 0.508 e. The summed E-state index contributed by atoms with van der Waals surface area (Å²) in [6, 6.07) is 5.31. The van der Waals surface area contributed by atoms with Gasteiger partial charge in [-0.3, -0.25) is 0 Å². The van der Waals surface area contributed by atoms with Crippen LogP contribution in [-0.2, 0) is 44.4 Å². The molecule has 0 bridgehead atoms. The smallest absolute Gasteiger partial charge is 0.333 e. The van der Waals surface area contributed by atoms with Crippen LogP contribution in [0.4, 0.5) is 0 Å². The van der Waals surface area contributed by atoms with Gasteiger partial charge in [0.1, 0.15) is 24.7 Å². The van der Waals surface area contributed by atoms with E-state index >= 15 is 0 Å². The number of aryl methyl sites for hydroxylation is 1. The zero-order valence-electron chi connectivity index (χ0n) is 26.6. The SMILES string of the molecule is C=C(C)C(=O)OCCOCCOCCOCCOCCOCCOCCOc1ccc(O)cc1CCCCCCCCC. The maximum atomic E-state index is 11.2. The molecule has 0 amide bonds. The van der Waals surface area contributed by atoms with E-state index < -0.39 is 5.97 Å². The summed E-state index contributed by atoms with van der Waals surface area (Å²) in [5.74, 6) is 0.683. The van der Waals surface area contributed by atoms with E-state index in [0.717, 1.165) is 24.2 Å². The van der Waals surface area contributed by atoms with Gasteiger partial charge in [-0.25, -0.2) is 4.79 Å². The molecule has 10 heteroatoms. The van der Waals surface area contributed by atoms with Gasteiger partial charge in [0.05, 0.1) is 79.3 Å². The summed E-state index contributed by atoms with van der Waals surface area (Å²) in [5.41, 5.74) is 1.42. The van der Waals surface area contributed by atoms with E-state index in [1.54, 1.807) is 19.1 Å². The van der Waals surface area contributed by atoms with Gasteiger partial charge in [-0.15, -0.1) is 0 Å². The number of unbranched alkanes of at least 4 members (excludes halogenated alkanes) is 6. The number of hydrogen-bond donors (Lipinski definition) is 1. The lowest BCUT2D eigenvalue weighted by molar-refractivity contribution is -0.140. The highest BCUT2D eigenvalue weighted by Crippen LogP contribution is 2.25. The van der Waals surface area contributed by atoms with Crippen molar-refractivity contribution in [2.75, 3.05) is 92.5 Å². The molecule has 0 aliphatic heterocycles. The molecular weight excluding hydrogens is 556 g/mol. The van der Waals surface area contributed by atoms with Gasteiger partial charge in [-0.2, -0.15) is 0 Å². The number of aromatic hydroxyl groups is 1. The fourth-order valence-corrected chi connectivity index (χ4v) is 3.90. The minimum absolute atomic E-state index is 0.201. The Hall–Kier alpha value is -2.21. The molecule has 0 spiro atoms. The normalized spacial score (nSPS) is 11.1. The molecule has 0 aromatic heterocycles. The zero-order chi connectivity index (χ0) is 31.2. The Morgan fingerprint density at radius 1 is 0.651 bits per heavy atom. The van der Waals surface area contributed by atoms with Crippen molar-refractivity contribution in [3.05, 3.63) is 35.9 Å². The van der Waals surface area contributed by atoms with Gasteiger partial charge in [0.2, 0.25) is 0 Å². The van der Waals surface area contributed by atoms with Crippen molar-refractivity contribution in [3.63, 3.8) is 0 Å². The third kappa shape index (κ3) is 23.9.